The minimum Gasteiger partial charge on any atom is -0.391 e. The topological polar surface area (TPSA) is 49.3 Å². The van der Waals surface area contributed by atoms with Crippen molar-refractivity contribution < 1.29 is 23.1 Å². The summed E-state index contributed by atoms with van der Waals surface area (Å²) in [6.07, 6.45) is -1.48. The summed E-state index contributed by atoms with van der Waals surface area (Å²) in [6, 6.07) is 4.83. The highest BCUT2D eigenvalue weighted by Gasteiger charge is 2.31. The third-order valence-corrected chi connectivity index (χ3v) is 4.35. The van der Waals surface area contributed by atoms with E-state index in [0.717, 1.165) is 31.4 Å². The summed E-state index contributed by atoms with van der Waals surface area (Å²) < 4.78 is 38.2. The summed E-state index contributed by atoms with van der Waals surface area (Å²) in [7, 11) is 0. The van der Waals surface area contributed by atoms with Crippen molar-refractivity contribution in [1.82, 2.24) is 5.32 Å². The fourth-order valence-electron chi connectivity index (χ4n) is 2.96. The van der Waals surface area contributed by atoms with Gasteiger partial charge in [-0.3, -0.25) is 4.79 Å². The van der Waals surface area contributed by atoms with Gasteiger partial charge in [-0.25, -0.2) is 0 Å². The number of carbonyl (C=O) groups is 1. The lowest BCUT2D eigenvalue weighted by molar-refractivity contribution is -0.137. The van der Waals surface area contributed by atoms with E-state index in [-0.39, 0.29) is 24.3 Å². The third-order valence-electron chi connectivity index (χ3n) is 4.35. The molecule has 2 rings (SSSR count). The zero-order chi connectivity index (χ0) is 17.0. The van der Waals surface area contributed by atoms with E-state index in [1.807, 2.05) is 0 Å². The second-order valence-corrected chi connectivity index (χ2v) is 6.25. The lowest BCUT2D eigenvalue weighted by atomic mass is 9.91. The standard InChI is InChI=1S/C17H22F3NO2/c1-11(12-5-4-6-13(10-12)17(18,19)20)9-16(23)21-14-7-2-3-8-15(14)22/h4-6,10-11,14-15,22H,2-3,7-9H2,1H3,(H,21,23). The van der Waals surface area contributed by atoms with E-state index in [2.05, 4.69) is 5.32 Å². The molecule has 3 nitrogen and oxygen atoms in total. The SMILES string of the molecule is CC(CC(=O)NC1CCCCC1O)c1cccc(C(F)(F)F)c1. The van der Waals surface area contributed by atoms with Crippen molar-refractivity contribution in [2.24, 2.45) is 0 Å². The van der Waals surface area contributed by atoms with E-state index in [9.17, 15) is 23.1 Å². The van der Waals surface area contributed by atoms with Crippen LogP contribution in [0.3, 0.4) is 0 Å². The Kier molecular flexibility index (Phi) is 5.68. The Morgan fingerprint density at radius 3 is 2.70 bits per heavy atom. The monoisotopic (exact) mass is 329 g/mol. The number of halogens is 3. The smallest absolute Gasteiger partial charge is 0.391 e. The number of hydrogen-bond acceptors (Lipinski definition) is 2. The molecule has 1 amide bonds. The maximum absolute atomic E-state index is 12.7. The molecule has 2 N–H and O–H groups in total. The van der Waals surface area contributed by atoms with Crippen molar-refractivity contribution >= 4 is 5.91 Å². The Hall–Kier alpha value is -1.56. The molecular formula is C17H22F3NO2. The van der Waals surface area contributed by atoms with Crippen molar-refractivity contribution in [2.45, 2.75) is 63.3 Å². The highest BCUT2D eigenvalue weighted by molar-refractivity contribution is 5.77. The first-order valence-electron chi connectivity index (χ1n) is 7.92. The predicted molar refractivity (Wildman–Crippen MR) is 80.9 cm³/mol. The molecule has 0 heterocycles. The molecule has 1 fully saturated rings. The fourth-order valence-corrected chi connectivity index (χ4v) is 2.96. The summed E-state index contributed by atoms with van der Waals surface area (Å²) in [5, 5.41) is 12.7. The quantitative estimate of drug-likeness (QED) is 0.886. The molecular weight excluding hydrogens is 307 g/mol. The minimum absolute atomic E-state index is 0.102. The molecule has 1 aliphatic rings. The average molecular weight is 329 g/mol. The van der Waals surface area contributed by atoms with Crippen LogP contribution in [0.4, 0.5) is 13.2 Å². The maximum Gasteiger partial charge on any atom is 0.416 e. The van der Waals surface area contributed by atoms with Crippen LogP contribution in [-0.4, -0.2) is 23.2 Å². The first-order valence-corrected chi connectivity index (χ1v) is 7.92. The van der Waals surface area contributed by atoms with Crippen LogP contribution in [0.2, 0.25) is 0 Å². The van der Waals surface area contributed by atoms with Gasteiger partial charge in [0.05, 0.1) is 17.7 Å². The van der Waals surface area contributed by atoms with Crippen LogP contribution < -0.4 is 5.32 Å². The van der Waals surface area contributed by atoms with Gasteiger partial charge in [-0.15, -0.1) is 0 Å². The highest BCUT2D eigenvalue weighted by Crippen LogP contribution is 2.31. The van der Waals surface area contributed by atoms with Gasteiger partial charge >= 0.3 is 6.18 Å². The molecule has 0 saturated heterocycles. The molecule has 6 heteroatoms. The molecule has 0 aliphatic heterocycles. The van der Waals surface area contributed by atoms with E-state index in [4.69, 9.17) is 0 Å². The first kappa shape index (κ1) is 17.8. The molecule has 1 aromatic carbocycles. The fraction of sp³-hybridized carbons (Fsp3) is 0.588. The van der Waals surface area contributed by atoms with Crippen LogP contribution >= 0.6 is 0 Å². The van der Waals surface area contributed by atoms with Gasteiger partial charge in [0.15, 0.2) is 0 Å². The number of alkyl halides is 3. The first-order chi connectivity index (χ1) is 10.8. The van der Waals surface area contributed by atoms with Crippen LogP contribution in [0.5, 0.6) is 0 Å². The Bertz CT molecular complexity index is 545. The van der Waals surface area contributed by atoms with Gasteiger partial charge in [0, 0.05) is 6.42 Å². The molecule has 0 aromatic heterocycles. The molecule has 0 radical (unpaired) electrons. The molecule has 23 heavy (non-hydrogen) atoms. The molecule has 1 aliphatic carbocycles. The van der Waals surface area contributed by atoms with Crippen LogP contribution in [0.1, 0.15) is 56.1 Å². The molecule has 3 atom stereocenters. The van der Waals surface area contributed by atoms with Crippen LogP contribution in [0, 0.1) is 0 Å². The lowest BCUT2D eigenvalue weighted by Crippen LogP contribution is -2.45. The van der Waals surface area contributed by atoms with Gasteiger partial charge < -0.3 is 10.4 Å². The largest absolute Gasteiger partial charge is 0.416 e. The number of aliphatic hydroxyl groups is 1. The van der Waals surface area contributed by atoms with Gasteiger partial charge in [-0.2, -0.15) is 13.2 Å². The zero-order valence-corrected chi connectivity index (χ0v) is 13.1. The average Bonchev–Trinajstić information content (AvgIpc) is 2.49. The molecule has 128 valence electrons. The summed E-state index contributed by atoms with van der Waals surface area (Å²) in [5.74, 6) is -0.557. The summed E-state index contributed by atoms with van der Waals surface area (Å²) in [5.41, 5.74) is -0.218. The summed E-state index contributed by atoms with van der Waals surface area (Å²) in [4.78, 5) is 12.1. The molecule has 1 aromatic rings. The van der Waals surface area contributed by atoms with Crippen molar-refractivity contribution in [1.29, 1.82) is 0 Å². The van der Waals surface area contributed by atoms with Crippen LogP contribution in [0.15, 0.2) is 24.3 Å². The zero-order valence-electron chi connectivity index (χ0n) is 13.1. The number of nitrogens with one attached hydrogen (secondary N) is 1. The molecule has 0 spiro atoms. The minimum atomic E-state index is -4.38. The van der Waals surface area contributed by atoms with E-state index in [1.54, 1.807) is 13.0 Å². The van der Waals surface area contributed by atoms with Gasteiger partial charge in [0.2, 0.25) is 5.91 Å². The van der Waals surface area contributed by atoms with E-state index >= 15 is 0 Å². The normalized spacial score (nSPS) is 23.3. The van der Waals surface area contributed by atoms with Gasteiger partial charge in [0.1, 0.15) is 0 Å². The van der Waals surface area contributed by atoms with Crippen molar-refractivity contribution in [2.75, 3.05) is 0 Å². The third kappa shape index (κ3) is 4.96. The molecule has 1 saturated carbocycles. The number of benzene rings is 1. The highest BCUT2D eigenvalue weighted by atomic mass is 19.4. The number of carbonyl (C=O) groups excluding carboxylic acids is 1. The van der Waals surface area contributed by atoms with Crippen molar-refractivity contribution in [3.8, 4) is 0 Å². The van der Waals surface area contributed by atoms with Crippen molar-refractivity contribution in [3.63, 3.8) is 0 Å². The van der Waals surface area contributed by atoms with Gasteiger partial charge in [-0.1, -0.05) is 38.0 Å². The van der Waals surface area contributed by atoms with E-state index in [1.165, 1.54) is 6.07 Å². The van der Waals surface area contributed by atoms with Crippen molar-refractivity contribution in [3.05, 3.63) is 35.4 Å². The maximum atomic E-state index is 12.7. The predicted octanol–water partition coefficient (Wildman–Crippen LogP) is 3.62. The Morgan fingerprint density at radius 1 is 1.35 bits per heavy atom. The summed E-state index contributed by atoms with van der Waals surface area (Å²) >= 11 is 0. The lowest BCUT2D eigenvalue weighted by Gasteiger charge is -2.28. The van der Waals surface area contributed by atoms with E-state index in [0.29, 0.717) is 12.0 Å². The Morgan fingerprint density at radius 2 is 2.04 bits per heavy atom. The number of amides is 1. The number of rotatable bonds is 4. The van der Waals surface area contributed by atoms with E-state index < -0.39 is 17.8 Å². The van der Waals surface area contributed by atoms with Crippen LogP contribution in [0.25, 0.3) is 0 Å². The Labute approximate surface area is 133 Å². The summed E-state index contributed by atoms with van der Waals surface area (Å²) in [6.45, 7) is 1.73. The molecule has 0 bridgehead atoms. The number of hydrogen-bond donors (Lipinski definition) is 2. The number of aliphatic hydroxyl groups excluding tert-OH is 1. The van der Waals surface area contributed by atoms with Gasteiger partial charge in [-0.05, 0) is 30.4 Å². The second-order valence-electron chi connectivity index (χ2n) is 6.25. The molecule has 3 unspecified atom stereocenters. The van der Waals surface area contributed by atoms with Crippen LogP contribution in [-0.2, 0) is 11.0 Å². The van der Waals surface area contributed by atoms with Gasteiger partial charge in [0.25, 0.3) is 0 Å². The Balaban J connectivity index is 1.95. The second kappa shape index (κ2) is 7.34.